The van der Waals surface area contributed by atoms with Crippen LogP contribution < -0.4 is 5.48 Å². The molecule has 1 N–H and O–H groups in total. The average Bonchev–Trinajstić information content (AvgIpc) is 2.87. The van der Waals surface area contributed by atoms with Crippen LogP contribution in [0.5, 0.6) is 0 Å². The van der Waals surface area contributed by atoms with Crippen molar-refractivity contribution < 1.29 is 18.0 Å². The van der Waals surface area contributed by atoms with Gasteiger partial charge in [0.15, 0.2) is 6.61 Å². The molecular weight excluding hydrogens is 239 g/mol. The summed E-state index contributed by atoms with van der Waals surface area (Å²) in [5.41, 5.74) is 2.53. The third-order valence-corrected chi connectivity index (χ3v) is 3.34. The van der Waals surface area contributed by atoms with Crippen LogP contribution in [0.1, 0.15) is 23.8 Å². The first-order valence-corrected chi connectivity index (χ1v) is 5.92. The van der Waals surface area contributed by atoms with Crippen molar-refractivity contribution in [3.63, 3.8) is 0 Å². The van der Waals surface area contributed by atoms with Crippen LogP contribution in [0, 0.1) is 5.92 Å². The minimum atomic E-state index is -4.28. The van der Waals surface area contributed by atoms with Crippen molar-refractivity contribution in [3.8, 4) is 0 Å². The fourth-order valence-corrected chi connectivity index (χ4v) is 2.36. The van der Waals surface area contributed by atoms with E-state index in [1.807, 2.05) is 17.5 Å². The molecule has 1 aromatic heterocycles. The van der Waals surface area contributed by atoms with E-state index < -0.39 is 12.8 Å². The molecule has 1 saturated carbocycles. The molecule has 90 valence electrons. The normalized spacial score (nSPS) is 18.7. The van der Waals surface area contributed by atoms with Gasteiger partial charge in [-0.2, -0.15) is 18.7 Å². The molecule has 1 aliphatic carbocycles. The zero-order valence-corrected chi connectivity index (χ0v) is 9.27. The highest BCUT2D eigenvalue weighted by Crippen LogP contribution is 2.42. The summed E-state index contributed by atoms with van der Waals surface area (Å²) in [7, 11) is 0. The number of hydrogen-bond donors (Lipinski definition) is 1. The van der Waals surface area contributed by atoms with E-state index in [1.165, 1.54) is 11.3 Å². The minimum Gasteiger partial charge on any atom is -0.292 e. The molecule has 0 saturated heterocycles. The van der Waals surface area contributed by atoms with E-state index in [1.54, 1.807) is 0 Å². The van der Waals surface area contributed by atoms with Crippen molar-refractivity contribution >= 4 is 11.3 Å². The molecule has 0 aromatic carbocycles. The van der Waals surface area contributed by atoms with Crippen molar-refractivity contribution in [3.05, 3.63) is 22.4 Å². The van der Waals surface area contributed by atoms with Crippen molar-refractivity contribution in [2.75, 3.05) is 6.61 Å². The number of alkyl halides is 3. The van der Waals surface area contributed by atoms with Gasteiger partial charge >= 0.3 is 6.18 Å². The van der Waals surface area contributed by atoms with Crippen LogP contribution in [0.2, 0.25) is 0 Å². The molecule has 1 fully saturated rings. The van der Waals surface area contributed by atoms with Crippen LogP contribution in [0.3, 0.4) is 0 Å². The molecule has 2 rings (SSSR count). The van der Waals surface area contributed by atoms with Gasteiger partial charge in [-0.3, -0.25) is 4.84 Å². The Morgan fingerprint density at radius 1 is 1.50 bits per heavy atom. The van der Waals surface area contributed by atoms with Crippen LogP contribution in [0.25, 0.3) is 0 Å². The molecule has 1 aromatic rings. The third-order valence-electron chi connectivity index (χ3n) is 2.39. The van der Waals surface area contributed by atoms with Gasteiger partial charge in [0, 0.05) is 4.88 Å². The lowest BCUT2D eigenvalue weighted by atomic mass is 10.1. The van der Waals surface area contributed by atoms with Crippen molar-refractivity contribution in [1.29, 1.82) is 0 Å². The average molecular weight is 251 g/mol. The molecule has 0 amide bonds. The van der Waals surface area contributed by atoms with Crippen LogP contribution in [-0.4, -0.2) is 12.8 Å². The van der Waals surface area contributed by atoms with E-state index in [0.29, 0.717) is 5.92 Å². The maximum Gasteiger partial charge on any atom is 0.413 e. The fourth-order valence-electron chi connectivity index (χ4n) is 1.50. The predicted molar refractivity (Wildman–Crippen MR) is 54.9 cm³/mol. The van der Waals surface area contributed by atoms with Gasteiger partial charge in [-0.05, 0) is 30.2 Å². The highest BCUT2D eigenvalue weighted by Gasteiger charge is 2.34. The summed E-state index contributed by atoms with van der Waals surface area (Å²) >= 11 is 1.53. The zero-order chi connectivity index (χ0) is 11.6. The molecule has 16 heavy (non-hydrogen) atoms. The summed E-state index contributed by atoms with van der Waals surface area (Å²) in [6, 6.07) is 3.71. The maximum atomic E-state index is 11.9. The van der Waals surface area contributed by atoms with Gasteiger partial charge in [-0.15, -0.1) is 11.3 Å². The molecular formula is C10H12F3NOS. The molecule has 1 unspecified atom stereocenters. The quantitative estimate of drug-likeness (QED) is 0.811. The van der Waals surface area contributed by atoms with Crippen molar-refractivity contribution in [2.45, 2.75) is 25.1 Å². The Hall–Kier alpha value is -0.590. The number of rotatable bonds is 5. The topological polar surface area (TPSA) is 21.3 Å². The maximum absolute atomic E-state index is 11.9. The van der Waals surface area contributed by atoms with Crippen molar-refractivity contribution in [1.82, 2.24) is 5.48 Å². The summed E-state index contributed by atoms with van der Waals surface area (Å²) in [4.78, 5) is 5.55. The lowest BCUT2D eigenvalue weighted by Gasteiger charge is -2.17. The molecule has 6 heteroatoms. The molecule has 0 spiro atoms. The Bertz CT molecular complexity index is 321. The third kappa shape index (κ3) is 3.47. The lowest BCUT2D eigenvalue weighted by molar-refractivity contribution is -0.193. The SMILES string of the molecule is FC(F)(F)CONC(c1cccs1)C1CC1. The summed E-state index contributed by atoms with van der Waals surface area (Å²) in [6.07, 6.45) is -2.19. The second kappa shape index (κ2) is 4.73. The van der Waals surface area contributed by atoms with Crippen LogP contribution in [0.15, 0.2) is 17.5 Å². The van der Waals surface area contributed by atoms with E-state index in [2.05, 4.69) is 10.3 Å². The molecule has 1 atom stereocenters. The number of thiophene rings is 1. The molecule has 1 heterocycles. The fraction of sp³-hybridized carbons (Fsp3) is 0.600. The van der Waals surface area contributed by atoms with E-state index in [0.717, 1.165) is 17.7 Å². The van der Waals surface area contributed by atoms with Gasteiger partial charge in [-0.1, -0.05) is 6.07 Å². The van der Waals surface area contributed by atoms with Crippen LogP contribution in [-0.2, 0) is 4.84 Å². The number of hydrogen-bond acceptors (Lipinski definition) is 3. The van der Waals surface area contributed by atoms with Gasteiger partial charge in [-0.25, -0.2) is 0 Å². The van der Waals surface area contributed by atoms with Gasteiger partial charge < -0.3 is 0 Å². The smallest absolute Gasteiger partial charge is 0.292 e. The monoisotopic (exact) mass is 251 g/mol. The Kier molecular flexibility index (Phi) is 3.51. The number of nitrogens with one attached hydrogen (secondary N) is 1. The highest BCUT2D eigenvalue weighted by molar-refractivity contribution is 7.10. The summed E-state index contributed by atoms with van der Waals surface area (Å²) in [5, 5.41) is 1.91. The van der Waals surface area contributed by atoms with Crippen LogP contribution in [0.4, 0.5) is 13.2 Å². The Morgan fingerprint density at radius 3 is 2.75 bits per heavy atom. The standard InChI is InChI=1S/C10H12F3NOS/c11-10(12,13)6-15-14-9(7-3-4-7)8-2-1-5-16-8/h1-2,5,7,9,14H,3-4,6H2. The Balaban J connectivity index is 1.85. The largest absolute Gasteiger partial charge is 0.413 e. The second-order valence-corrected chi connectivity index (χ2v) is 4.83. The summed E-state index contributed by atoms with van der Waals surface area (Å²) in [6.45, 7) is -1.25. The second-order valence-electron chi connectivity index (χ2n) is 3.85. The molecule has 2 nitrogen and oxygen atoms in total. The van der Waals surface area contributed by atoms with Crippen LogP contribution >= 0.6 is 11.3 Å². The Labute approximate surface area is 95.4 Å². The van der Waals surface area contributed by atoms with Gasteiger partial charge in [0.1, 0.15) is 0 Å². The molecule has 0 aliphatic heterocycles. The van der Waals surface area contributed by atoms with E-state index in [4.69, 9.17) is 0 Å². The first-order chi connectivity index (χ1) is 7.56. The van der Waals surface area contributed by atoms with E-state index in [-0.39, 0.29) is 6.04 Å². The van der Waals surface area contributed by atoms with Gasteiger partial charge in [0.05, 0.1) is 6.04 Å². The summed E-state index contributed by atoms with van der Waals surface area (Å²) in [5.74, 6) is 0.409. The van der Waals surface area contributed by atoms with E-state index in [9.17, 15) is 13.2 Å². The van der Waals surface area contributed by atoms with Crippen molar-refractivity contribution in [2.24, 2.45) is 5.92 Å². The highest BCUT2D eigenvalue weighted by atomic mass is 32.1. The van der Waals surface area contributed by atoms with E-state index >= 15 is 0 Å². The predicted octanol–water partition coefficient (Wildman–Crippen LogP) is 3.28. The molecule has 0 bridgehead atoms. The van der Waals surface area contributed by atoms with Gasteiger partial charge in [0.25, 0.3) is 0 Å². The molecule has 1 aliphatic rings. The summed E-state index contributed by atoms with van der Waals surface area (Å²) < 4.78 is 35.7. The number of halogens is 3. The minimum absolute atomic E-state index is 0.0950. The van der Waals surface area contributed by atoms with Gasteiger partial charge in [0.2, 0.25) is 0 Å². The molecule has 0 radical (unpaired) electrons. The Morgan fingerprint density at radius 2 is 2.25 bits per heavy atom. The first-order valence-electron chi connectivity index (χ1n) is 5.04. The zero-order valence-electron chi connectivity index (χ0n) is 8.46. The first kappa shape index (κ1) is 11.9. The lowest BCUT2D eigenvalue weighted by Crippen LogP contribution is -2.28. The number of hydroxylamine groups is 1.